The fraction of sp³-hybridized carbons (Fsp3) is 0.389. The Bertz CT molecular complexity index is 716. The lowest BCUT2D eigenvalue weighted by molar-refractivity contribution is 0.659. The molecular formula is C18H20N4. The van der Waals surface area contributed by atoms with Gasteiger partial charge in [-0.3, -0.25) is 0 Å². The van der Waals surface area contributed by atoms with Gasteiger partial charge in [-0.05, 0) is 56.7 Å². The summed E-state index contributed by atoms with van der Waals surface area (Å²) in [5.74, 6) is 1.84. The third-order valence-corrected chi connectivity index (χ3v) is 4.06. The fourth-order valence-corrected chi connectivity index (χ4v) is 2.99. The van der Waals surface area contributed by atoms with Gasteiger partial charge in [-0.1, -0.05) is 12.1 Å². The molecule has 0 radical (unpaired) electrons. The summed E-state index contributed by atoms with van der Waals surface area (Å²) in [6, 6.07) is 9.96. The van der Waals surface area contributed by atoms with Crippen LogP contribution in [-0.4, -0.2) is 16.5 Å². The van der Waals surface area contributed by atoms with Crippen molar-refractivity contribution in [2.24, 2.45) is 0 Å². The minimum Gasteiger partial charge on any atom is -0.369 e. The Kier molecular flexibility index (Phi) is 4.34. The van der Waals surface area contributed by atoms with E-state index in [4.69, 9.17) is 5.26 Å². The molecule has 0 saturated carbocycles. The molecule has 0 bridgehead atoms. The standard InChI is InChI=1S/C18H20N4/c1-13-21-17-8-3-2-7-16(17)18(22-13)20-10-9-14-5-4-6-15(11-14)12-19/h4-6,11H,2-3,7-10H2,1H3,(H,20,21,22). The van der Waals surface area contributed by atoms with Crippen LogP contribution in [0, 0.1) is 18.3 Å². The smallest absolute Gasteiger partial charge is 0.133 e. The van der Waals surface area contributed by atoms with Gasteiger partial charge in [0.25, 0.3) is 0 Å². The minimum atomic E-state index is 0.716. The summed E-state index contributed by atoms with van der Waals surface area (Å²) < 4.78 is 0. The van der Waals surface area contributed by atoms with Crippen molar-refractivity contribution in [3.05, 3.63) is 52.5 Å². The normalized spacial score (nSPS) is 13.3. The van der Waals surface area contributed by atoms with Crippen molar-refractivity contribution in [2.75, 3.05) is 11.9 Å². The number of nitriles is 1. The molecule has 4 heteroatoms. The van der Waals surface area contributed by atoms with E-state index >= 15 is 0 Å². The van der Waals surface area contributed by atoms with Gasteiger partial charge in [0.2, 0.25) is 0 Å². The maximum atomic E-state index is 8.95. The van der Waals surface area contributed by atoms with Crippen LogP contribution in [0.2, 0.25) is 0 Å². The fourth-order valence-electron chi connectivity index (χ4n) is 2.99. The van der Waals surface area contributed by atoms with E-state index in [2.05, 4.69) is 27.4 Å². The van der Waals surface area contributed by atoms with Crippen LogP contribution in [0.5, 0.6) is 0 Å². The maximum absolute atomic E-state index is 8.95. The molecule has 0 fully saturated rings. The minimum absolute atomic E-state index is 0.716. The molecule has 0 aliphatic heterocycles. The molecule has 3 rings (SSSR count). The van der Waals surface area contributed by atoms with Crippen LogP contribution in [0.15, 0.2) is 24.3 Å². The number of nitrogens with one attached hydrogen (secondary N) is 1. The highest BCUT2D eigenvalue weighted by Gasteiger charge is 2.16. The van der Waals surface area contributed by atoms with E-state index in [-0.39, 0.29) is 0 Å². The van der Waals surface area contributed by atoms with E-state index in [9.17, 15) is 0 Å². The lowest BCUT2D eigenvalue weighted by Gasteiger charge is -2.19. The second-order valence-electron chi connectivity index (χ2n) is 5.74. The number of aryl methyl sites for hydroxylation is 2. The molecule has 22 heavy (non-hydrogen) atoms. The predicted molar refractivity (Wildman–Crippen MR) is 86.8 cm³/mol. The molecule has 0 spiro atoms. The molecule has 0 amide bonds. The Morgan fingerprint density at radius 3 is 2.95 bits per heavy atom. The van der Waals surface area contributed by atoms with Crippen molar-refractivity contribution in [1.29, 1.82) is 5.26 Å². The van der Waals surface area contributed by atoms with Crippen molar-refractivity contribution in [2.45, 2.75) is 39.0 Å². The molecule has 1 heterocycles. The van der Waals surface area contributed by atoms with Gasteiger partial charge in [0.05, 0.1) is 11.6 Å². The van der Waals surface area contributed by atoms with Crippen LogP contribution < -0.4 is 5.32 Å². The lowest BCUT2D eigenvalue weighted by Crippen LogP contribution is -2.15. The largest absolute Gasteiger partial charge is 0.369 e. The van der Waals surface area contributed by atoms with Gasteiger partial charge in [0.1, 0.15) is 11.6 Å². The molecule has 1 aromatic heterocycles. The number of hydrogen-bond acceptors (Lipinski definition) is 4. The van der Waals surface area contributed by atoms with E-state index in [1.165, 1.54) is 29.7 Å². The number of anilines is 1. The lowest BCUT2D eigenvalue weighted by atomic mass is 9.96. The first kappa shape index (κ1) is 14.5. The second kappa shape index (κ2) is 6.57. The Morgan fingerprint density at radius 2 is 2.09 bits per heavy atom. The Balaban J connectivity index is 1.69. The number of nitrogens with zero attached hydrogens (tertiary/aromatic N) is 3. The Labute approximate surface area is 131 Å². The molecule has 0 saturated heterocycles. The predicted octanol–water partition coefficient (Wildman–Crippen LogP) is 3.19. The molecule has 2 aromatic rings. The van der Waals surface area contributed by atoms with Gasteiger partial charge in [0, 0.05) is 17.8 Å². The Morgan fingerprint density at radius 1 is 1.23 bits per heavy atom. The highest BCUT2D eigenvalue weighted by atomic mass is 15.0. The van der Waals surface area contributed by atoms with Gasteiger partial charge in [-0.2, -0.15) is 5.26 Å². The Hall–Kier alpha value is -2.41. The average molecular weight is 292 g/mol. The van der Waals surface area contributed by atoms with E-state index in [1.54, 1.807) is 0 Å². The number of fused-ring (bicyclic) bond motifs is 1. The van der Waals surface area contributed by atoms with Crippen LogP contribution in [-0.2, 0) is 19.3 Å². The van der Waals surface area contributed by atoms with Gasteiger partial charge < -0.3 is 5.32 Å². The first-order valence-electron chi connectivity index (χ1n) is 7.85. The molecule has 1 aromatic carbocycles. The number of aromatic nitrogens is 2. The average Bonchev–Trinajstić information content (AvgIpc) is 2.55. The summed E-state index contributed by atoms with van der Waals surface area (Å²) in [4.78, 5) is 9.15. The van der Waals surface area contributed by atoms with Crippen LogP contribution >= 0.6 is 0 Å². The van der Waals surface area contributed by atoms with E-state index < -0.39 is 0 Å². The van der Waals surface area contributed by atoms with E-state index in [0.717, 1.165) is 37.4 Å². The molecule has 0 unspecified atom stereocenters. The quantitative estimate of drug-likeness (QED) is 0.940. The highest BCUT2D eigenvalue weighted by Crippen LogP contribution is 2.25. The summed E-state index contributed by atoms with van der Waals surface area (Å²) in [6.07, 6.45) is 5.47. The van der Waals surface area contributed by atoms with Crippen molar-refractivity contribution in [3.8, 4) is 6.07 Å². The molecular weight excluding hydrogens is 272 g/mol. The van der Waals surface area contributed by atoms with Gasteiger partial charge in [-0.15, -0.1) is 0 Å². The van der Waals surface area contributed by atoms with Crippen molar-refractivity contribution in [3.63, 3.8) is 0 Å². The third-order valence-electron chi connectivity index (χ3n) is 4.06. The van der Waals surface area contributed by atoms with Crippen molar-refractivity contribution < 1.29 is 0 Å². The zero-order valence-corrected chi connectivity index (χ0v) is 12.9. The van der Waals surface area contributed by atoms with Gasteiger partial charge in [-0.25, -0.2) is 9.97 Å². The summed E-state index contributed by atoms with van der Waals surface area (Å²) in [5, 5.41) is 12.4. The summed E-state index contributed by atoms with van der Waals surface area (Å²) in [6.45, 7) is 2.77. The summed E-state index contributed by atoms with van der Waals surface area (Å²) >= 11 is 0. The third kappa shape index (κ3) is 3.25. The number of rotatable bonds is 4. The molecule has 1 N–H and O–H groups in total. The highest BCUT2D eigenvalue weighted by molar-refractivity contribution is 5.48. The summed E-state index contributed by atoms with van der Waals surface area (Å²) in [5.41, 5.74) is 4.40. The van der Waals surface area contributed by atoms with Crippen LogP contribution in [0.25, 0.3) is 0 Å². The van der Waals surface area contributed by atoms with Crippen LogP contribution in [0.3, 0.4) is 0 Å². The SMILES string of the molecule is Cc1nc2c(c(NCCc3cccc(C#N)c3)n1)CCCC2. The molecule has 112 valence electrons. The molecule has 1 aliphatic rings. The number of hydrogen-bond donors (Lipinski definition) is 1. The second-order valence-corrected chi connectivity index (χ2v) is 5.74. The van der Waals surface area contributed by atoms with Gasteiger partial charge in [0.15, 0.2) is 0 Å². The first-order chi connectivity index (χ1) is 10.8. The number of benzene rings is 1. The molecule has 4 nitrogen and oxygen atoms in total. The monoisotopic (exact) mass is 292 g/mol. The van der Waals surface area contributed by atoms with Crippen LogP contribution in [0.4, 0.5) is 5.82 Å². The van der Waals surface area contributed by atoms with E-state index in [0.29, 0.717) is 5.56 Å². The van der Waals surface area contributed by atoms with Gasteiger partial charge >= 0.3 is 0 Å². The zero-order valence-electron chi connectivity index (χ0n) is 12.9. The van der Waals surface area contributed by atoms with Crippen molar-refractivity contribution in [1.82, 2.24) is 9.97 Å². The van der Waals surface area contributed by atoms with Crippen LogP contribution in [0.1, 0.15) is 41.1 Å². The zero-order chi connectivity index (χ0) is 15.4. The topological polar surface area (TPSA) is 61.6 Å². The molecule has 0 atom stereocenters. The molecule has 1 aliphatic carbocycles. The van der Waals surface area contributed by atoms with Crippen molar-refractivity contribution >= 4 is 5.82 Å². The van der Waals surface area contributed by atoms with E-state index in [1.807, 2.05) is 25.1 Å². The summed E-state index contributed by atoms with van der Waals surface area (Å²) in [7, 11) is 0. The first-order valence-corrected chi connectivity index (χ1v) is 7.85. The maximum Gasteiger partial charge on any atom is 0.133 e.